The molecule has 0 amide bonds. The van der Waals surface area contributed by atoms with Crippen molar-refractivity contribution >= 4 is 23.0 Å². The number of carboxylic acids is 1. The van der Waals surface area contributed by atoms with Gasteiger partial charge in [0.15, 0.2) is 0 Å². The number of fused-ring (bicyclic) bond motifs is 1. The maximum Gasteiger partial charge on any atom is 0.307 e. The second-order valence-corrected chi connectivity index (χ2v) is 9.50. The Kier molecular flexibility index (Phi) is 4.92. The number of rotatable bonds is 5. The van der Waals surface area contributed by atoms with Gasteiger partial charge in [0.1, 0.15) is 33.7 Å². The highest BCUT2D eigenvalue weighted by atomic mass is 32.2. The molecule has 0 aromatic heterocycles. The molecule has 2 aliphatic carbocycles. The van der Waals surface area contributed by atoms with E-state index in [2.05, 4.69) is 4.40 Å². The smallest absolute Gasteiger partial charge is 0.307 e. The fourth-order valence-corrected chi connectivity index (χ4v) is 3.98. The van der Waals surface area contributed by atoms with E-state index in [1.165, 1.54) is 12.1 Å². The number of benzene rings is 1. The largest absolute Gasteiger partial charge is 0.591 e. The number of halogens is 1. The highest BCUT2D eigenvalue weighted by Crippen LogP contribution is 2.57. The van der Waals surface area contributed by atoms with Crippen molar-refractivity contribution in [3.8, 4) is 0 Å². The van der Waals surface area contributed by atoms with Crippen LogP contribution in [0.15, 0.2) is 28.7 Å². The maximum absolute atomic E-state index is 13.0. The predicted octanol–water partition coefficient (Wildman–Crippen LogP) is 2.96. The van der Waals surface area contributed by atoms with Crippen LogP contribution in [-0.2, 0) is 27.5 Å². The topological polar surface area (TPSA) is 82.0 Å². The van der Waals surface area contributed by atoms with Crippen molar-refractivity contribution in [2.75, 3.05) is 0 Å². The van der Waals surface area contributed by atoms with Gasteiger partial charge in [-0.15, -0.1) is 0 Å². The second kappa shape index (κ2) is 6.70. The number of carbonyl (C=O) groups is 1. The normalized spacial score (nSPS) is 31.0. The average molecular weight is 367 g/mol. The molecule has 0 spiro atoms. The highest BCUT2D eigenvalue weighted by Gasteiger charge is 2.65. The Morgan fingerprint density at radius 2 is 2.04 bits per heavy atom. The van der Waals surface area contributed by atoms with E-state index < -0.39 is 28.0 Å². The van der Waals surface area contributed by atoms with Gasteiger partial charge in [0.2, 0.25) is 0 Å². The first-order chi connectivity index (χ1) is 11.7. The van der Waals surface area contributed by atoms with Gasteiger partial charge in [0.05, 0.1) is 12.5 Å². The van der Waals surface area contributed by atoms with E-state index >= 15 is 0 Å². The molecule has 2 saturated carbocycles. The summed E-state index contributed by atoms with van der Waals surface area (Å²) >= 11 is -1.46. The minimum Gasteiger partial charge on any atom is -0.591 e. The molecule has 5 nitrogen and oxygen atoms in total. The van der Waals surface area contributed by atoms with Gasteiger partial charge < -0.3 is 14.4 Å². The van der Waals surface area contributed by atoms with Crippen molar-refractivity contribution in [3.05, 3.63) is 35.6 Å². The van der Waals surface area contributed by atoms with Crippen LogP contribution in [0.3, 0.4) is 0 Å². The molecule has 0 radical (unpaired) electrons. The zero-order valence-electron chi connectivity index (χ0n) is 14.4. The molecule has 1 aromatic rings. The van der Waals surface area contributed by atoms with E-state index in [9.17, 15) is 18.8 Å². The molecule has 7 heteroatoms. The number of nitrogens with zero attached hydrogens (tertiary/aromatic N) is 1. The third-order valence-corrected chi connectivity index (χ3v) is 6.11. The molecule has 2 aliphatic rings. The standard InChI is InChI=1S/C18H22FNO4S/c1-18(2,3)25(23)20-16-13(8-12-14(16)15(12)17(21)22)24-9-10-4-6-11(19)7-5-10/h4-7,12-15H,8-9H2,1-3H3,(H,21,22)/t12-,13-,14+,15+,25-/m1/s1. The van der Waals surface area contributed by atoms with Crippen LogP contribution in [0.5, 0.6) is 0 Å². The van der Waals surface area contributed by atoms with Crippen molar-refractivity contribution in [2.24, 2.45) is 22.2 Å². The van der Waals surface area contributed by atoms with E-state index in [0.29, 0.717) is 12.1 Å². The lowest BCUT2D eigenvalue weighted by molar-refractivity contribution is -0.139. The summed E-state index contributed by atoms with van der Waals surface area (Å²) in [5.41, 5.74) is 1.43. The number of ether oxygens (including phenoxy) is 1. The van der Waals surface area contributed by atoms with Crippen LogP contribution in [0.1, 0.15) is 32.8 Å². The van der Waals surface area contributed by atoms with E-state index in [0.717, 1.165) is 5.56 Å². The van der Waals surface area contributed by atoms with Crippen molar-refractivity contribution in [1.29, 1.82) is 0 Å². The van der Waals surface area contributed by atoms with E-state index in [-0.39, 0.29) is 30.4 Å². The summed E-state index contributed by atoms with van der Waals surface area (Å²) in [6.07, 6.45) is 0.241. The summed E-state index contributed by atoms with van der Waals surface area (Å²) in [6.45, 7) is 5.77. The van der Waals surface area contributed by atoms with Gasteiger partial charge in [-0.2, -0.15) is 0 Å². The summed E-state index contributed by atoms with van der Waals surface area (Å²) in [6, 6.07) is 6.04. The molecule has 0 heterocycles. The van der Waals surface area contributed by atoms with Crippen LogP contribution in [0.2, 0.25) is 0 Å². The third-order valence-electron chi connectivity index (χ3n) is 4.69. The Bertz CT molecular complexity index is 685. The number of aliphatic carboxylic acids is 1. The molecule has 0 aliphatic heterocycles. The first-order valence-corrected chi connectivity index (χ1v) is 9.38. The Hall–Kier alpha value is -1.44. The highest BCUT2D eigenvalue weighted by molar-refractivity contribution is 7.91. The van der Waals surface area contributed by atoms with Gasteiger partial charge in [0, 0.05) is 5.92 Å². The van der Waals surface area contributed by atoms with Crippen LogP contribution < -0.4 is 0 Å². The van der Waals surface area contributed by atoms with E-state index in [1.54, 1.807) is 12.1 Å². The van der Waals surface area contributed by atoms with Gasteiger partial charge in [-0.1, -0.05) is 16.5 Å². The van der Waals surface area contributed by atoms with Gasteiger partial charge in [-0.05, 0) is 50.8 Å². The van der Waals surface area contributed by atoms with Gasteiger partial charge in [0.25, 0.3) is 0 Å². The molecule has 0 bridgehead atoms. The minimum absolute atomic E-state index is 0.00596. The molecule has 1 N–H and O–H groups in total. The van der Waals surface area contributed by atoms with Crippen LogP contribution >= 0.6 is 0 Å². The fraction of sp³-hybridized carbons (Fsp3) is 0.556. The molecule has 2 fully saturated rings. The van der Waals surface area contributed by atoms with Crippen molar-refractivity contribution in [1.82, 2.24) is 0 Å². The molecular weight excluding hydrogens is 345 g/mol. The fourth-order valence-electron chi connectivity index (χ4n) is 3.27. The van der Waals surface area contributed by atoms with Crippen molar-refractivity contribution in [2.45, 2.75) is 44.6 Å². The summed E-state index contributed by atoms with van der Waals surface area (Å²) in [7, 11) is 0. The Labute approximate surface area is 149 Å². The molecule has 5 atom stereocenters. The minimum atomic E-state index is -1.46. The quantitative estimate of drug-likeness (QED) is 0.811. The second-order valence-electron chi connectivity index (χ2n) is 7.59. The molecule has 25 heavy (non-hydrogen) atoms. The van der Waals surface area contributed by atoms with Crippen LogP contribution in [0.25, 0.3) is 0 Å². The SMILES string of the molecule is CC(C)(C)[S@@+]([O-])N=C1[C@H]2[C@@H](C[C@H]1OCc1ccc(F)cc1)[C@@H]2C(=O)O. The summed E-state index contributed by atoms with van der Waals surface area (Å²) in [5, 5.41) is 9.28. The van der Waals surface area contributed by atoms with Crippen LogP contribution in [0.4, 0.5) is 4.39 Å². The van der Waals surface area contributed by atoms with Gasteiger partial charge in [-0.25, -0.2) is 4.39 Å². The lowest BCUT2D eigenvalue weighted by Gasteiger charge is -2.21. The lowest BCUT2D eigenvalue weighted by atomic mass is 10.1. The molecule has 136 valence electrons. The lowest BCUT2D eigenvalue weighted by Crippen LogP contribution is -2.31. The average Bonchev–Trinajstić information content (AvgIpc) is 3.14. The molecule has 3 rings (SSSR count). The number of hydrogen-bond acceptors (Lipinski definition) is 4. The van der Waals surface area contributed by atoms with Gasteiger partial charge in [-0.3, -0.25) is 4.79 Å². The predicted molar refractivity (Wildman–Crippen MR) is 93.0 cm³/mol. The summed E-state index contributed by atoms with van der Waals surface area (Å²) in [5.74, 6) is -1.76. The summed E-state index contributed by atoms with van der Waals surface area (Å²) in [4.78, 5) is 11.3. The Morgan fingerprint density at radius 3 is 2.60 bits per heavy atom. The van der Waals surface area contributed by atoms with Crippen LogP contribution in [-0.4, -0.2) is 32.2 Å². The zero-order valence-corrected chi connectivity index (χ0v) is 15.3. The van der Waals surface area contributed by atoms with E-state index in [4.69, 9.17) is 4.74 Å². The van der Waals surface area contributed by atoms with Crippen molar-refractivity contribution in [3.63, 3.8) is 0 Å². The Balaban J connectivity index is 1.73. The molecular formula is C18H22FNO4S. The molecule has 0 saturated heterocycles. The third kappa shape index (κ3) is 3.88. The maximum atomic E-state index is 13.0. The first-order valence-electron chi connectivity index (χ1n) is 8.28. The van der Waals surface area contributed by atoms with Crippen LogP contribution in [0, 0.1) is 23.6 Å². The monoisotopic (exact) mass is 367 g/mol. The first kappa shape index (κ1) is 18.4. The van der Waals surface area contributed by atoms with Gasteiger partial charge >= 0.3 is 5.97 Å². The van der Waals surface area contributed by atoms with Crippen molar-refractivity contribution < 1.29 is 23.6 Å². The zero-order chi connectivity index (χ0) is 18.4. The van der Waals surface area contributed by atoms with E-state index in [1.807, 2.05) is 20.8 Å². The molecule has 0 unspecified atom stereocenters. The number of hydrogen-bond donors (Lipinski definition) is 1. The Morgan fingerprint density at radius 1 is 1.40 bits per heavy atom. The number of carboxylic acid groups (broad SMARTS) is 1. The molecule has 1 aromatic carbocycles. The summed E-state index contributed by atoms with van der Waals surface area (Å²) < 4.78 is 35.1.